The molecule has 0 aromatic heterocycles. The third kappa shape index (κ3) is 2.95. The Kier molecular flexibility index (Phi) is 3.38. The smallest absolute Gasteiger partial charge is 0.336 e. The van der Waals surface area contributed by atoms with Gasteiger partial charge in [-0.1, -0.05) is 6.58 Å². The van der Waals surface area contributed by atoms with E-state index in [1.807, 2.05) is 6.92 Å². The number of halogens is 3. The van der Waals surface area contributed by atoms with Crippen LogP contribution in [0, 0.1) is 0 Å². The lowest BCUT2D eigenvalue weighted by molar-refractivity contribution is -0.140. The Morgan fingerprint density at radius 1 is 1.53 bits per heavy atom. The van der Waals surface area contributed by atoms with Gasteiger partial charge in [-0.25, -0.2) is 0 Å². The highest BCUT2D eigenvalue weighted by Crippen LogP contribution is 2.25. The van der Waals surface area contributed by atoms with E-state index in [2.05, 4.69) is 11.9 Å². The third-order valence-electron chi connectivity index (χ3n) is 2.26. The molecule has 15 heavy (non-hydrogen) atoms. The lowest BCUT2D eigenvalue weighted by atomic mass is 10.2. The van der Waals surface area contributed by atoms with E-state index in [0.29, 0.717) is 6.54 Å². The molecule has 0 spiro atoms. The SMILES string of the molecule is C=C(C(=O)N1CCNC(C)C1)C(F)(F)F. The fraction of sp³-hybridized carbons (Fsp3) is 0.667. The maximum absolute atomic E-state index is 12.2. The molecule has 0 radical (unpaired) electrons. The molecule has 1 amide bonds. The molecule has 0 aromatic carbocycles. The maximum atomic E-state index is 12.2. The summed E-state index contributed by atoms with van der Waals surface area (Å²) in [6.07, 6.45) is -4.63. The van der Waals surface area contributed by atoms with Crippen molar-refractivity contribution in [1.29, 1.82) is 0 Å². The average molecular weight is 222 g/mol. The second kappa shape index (κ2) is 4.22. The van der Waals surface area contributed by atoms with Crippen LogP contribution in [0.1, 0.15) is 6.92 Å². The summed E-state index contributed by atoms with van der Waals surface area (Å²) in [5.74, 6) is -1.02. The Balaban J connectivity index is 2.64. The molecular formula is C9H13F3N2O. The monoisotopic (exact) mass is 222 g/mol. The summed E-state index contributed by atoms with van der Waals surface area (Å²) >= 11 is 0. The van der Waals surface area contributed by atoms with Crippen LogP contribution in [-0.4, -0.2) is 42.7 Å². The van der Waals surface area contributed by atoms with Gasteiger partial charge < -0.3 is 10.2 Å². The standard InChI is InChI=1S/C9H13F3N2O/c1-6-5-14(4-3-13-6)8(15)7(2)9(10,11)12/h6,13H,2-5H2,1H3. The van der Waals surface area contributed by atoms with Gasteiger partial charge in [0.25, 0.3) is 5.91 Å². The molecule has 0 aromatic rings. The zero-order chi connectivity index (χ0) is 11.6. The van der Waals surface area contributed by atoms with Gasteiger partial charge in [0.2, 0.25) is 0 Å². The van der Waals surface area contributed by atoms with Crippen LogP contribution >= 0.6 is 0 Å². The largest absolute Gasteiger partial charge is 0.421 e. The summed E-state index contributed by atoms with van der Waals surface area (Å²) in [6, 6.07) is 0.0173. The van der Waals surface area contributed by atoms with Gasteiger partial charge in [0, 0.05) is 25.7 Å². The first-order valence-corrected chi connectivity index (χ1v) is 4.61. The minimum atomic E-state index is -4.63. The summed E-state index contributed by atoms with van der Waals surface area (Å²) in [5, 5.41) is 3.04. The van der Waals surface area contributed by atoms with E-state index in [0.717, 1.165) is 0 Å². The van der Waals surface area contributed by atoms with Gasteiger partial charge in [-0.2, -0.15) is 13.2 Å². The first kappa shape index (κ1) is 12.0. The van der Waals surface area contributed by atoms with Gasteiger partial charge in [-0.15, -0.1) is 0 Å². The fourth-order valence-electron chi connectivity index (χ4n) is 1.43. The molecule has 0 aliphatic carbocycles. The topological polar surface area (TPSA) is 32.3 Å². The average Bonchev–Trinajstić information content (AvgIpc) is 2.14. The van der Waals surface area contributed by atoms with E-state index in [9.17, 15) is 18.0 Å². The van der Waals surface area contributed by atoms with E-state index >= 15 is 0 Å². The van der Waals surface area contributed by atoms with Crippen LogP contribution in [-0.2, 0) is 4.79 Å². The van der Waals surface area contributed by atoms with Crippen molar-refractivity contribution in [2.45, 2.75) is 19.1 Å². The lowest BCUT2D eigenvalue weighted by Crippen LogP contribution is -2.52. The van der Waals surface area contributed by atoms with Crippen LogP contribution < -0.4 is 5.32 Å². The van der Waals surface area contributed by atoms with Crippen molar-refractivity contribution >= 4 is 5.91 Å². The highest BCUT2D eigenvalue weighted by molar-refractivity contribution is 5.94. The normalized spacial score (nSPS) is 22.7. The molecule has 1 saturated heterocycles. The number of nitrogens with one attached hydrogen (secondary N) is 1. The van der Waals surface area contributed by atoms with Crippen LogP contribution in [0.15, 0.2) is 12.2 Å². The summed E-state index contributed by atoms with van der Waals surface area (Å²) in [5.41, 5.74) is -1.29. The van der Waals surface area contributed by atoms with Crippen molar-refractivity contribution in [2.75, 3.05) is 19.6 Å². The predicted molar refractivity (Wildman–Crippen MR) is 49.2 cm³/mol. The molecule has 1 N–H and O–H groups in total. The first-order valence-electron chi connectivity index (χ1n) is 4.61. The van der Waals surface area contributed by atoms with E-state index < -0.39 is 17.7 Å². The summed E-state index contributed by atoms with van der Waals surface area (Å²) in [7, 11) is 0. The predicted octanol–water partition coefficient (Wildman–Crippen LogP) is 0.925. The third-order valence-corrected chi connectivity index (χ3v) is 2.26. The van der Waals surface area contributed by atoms with Gasteiger partial charge in [0.05, 0.1) is 0 Å². The van der Waals surface area contributed by atoms with Gasteiger partial charge in [0.1, 0.15) is 5.57 Å². The molecule has 1 rings (SSSR count). The van der Waals surface area contributed by atoms with Gasteiger partial charge in [-0.3, -0.25) is 4.79 Å². The van der Waals surface area contributed by atoms with Crippen molar-refractivity contribution in [2.24, 2.45) is 0 Å². The van der Waals surface area contributed by atoms with Crippen LogP contribution in [0.3, 0.4) is 0 Å². The van der Waals surface area contributed by atoms with Crippen LogP contribution in [0.5, 0.6) is 0 Å². The minimum Gasteiger partial charge on any atom is -0.336 e. The molecule has 6 heteroatoms. The zero-order valence-corrected chi connectivity index (χ0v) is 8.40. The van der Waals surface area contributed by atoms with E-state index in [1.165, 1.54) is 4.90 Å². The maximum Gasteiger partial charge on any atom is 0.421 e. The second-order valence-electron chi connectivity index (χ2n) is 3.58. The zero-order valence-electron chi connectivity index (χ0n) is 8.40. The van der Waals surface area contributed by atoms with E-state index in [1.54, 1.807) is 0 Å². The number of alkyl halides is 3. The number of rotatable bonds is 1. The van der Waals surface area contributed by atoms with Crippen LogP contribution in [0.25, 0.3) is 0 Å². The van der Waals surface area contributed by atoms with Crippen LogP contribution in [0.4, 0.5) is 13.2 Å². The number of piperazine rings is 1. The van der Waals surface area contributed by atoms with Crippen molar-refractivity contribution in [3.63, 3.8) is 0 Å². The molecule has 1 unspecified atom stereocenters. The number of hydrogen-bond acceptors (Lipinski definition) is 2. The molecule has 1 atom stereocenters. The summed E-state index contributed by atoms with van der Waals surface area (Å²) in [4.78, 5) is 12.5. The Bertz CT molecular complexity index is 275. The second-order valence-corrected chi connectivity index (χ2v) is 3.58. The van der Waals surface area contributed by atoms with Gasteiger partial charge in [-0.05, 0) is 6.92 Å². The highest BCUT2D eigenvalue weighted by Gasteiger charge is 2.39. The van der Waals surface area contributed by atoms with Gasteiger partial charge in [0.15, 0.2) is 0 Å². The molecule has 86 valence electrons. The number of nitrogens with zero attached hydrogens (tertiary/aromatic N) is 1. The molecule has 3 nitrogen and oxygen atoms in total. The minimum absolute atomic E-state index is 0.0173. The molecule has 0 saturated carbocycles. The quantitative estimate of drug-likeness (QED) is 0.669. The molecule has 1 heterocycles. The molecule has 0 bridgehead atoms. The van der Waals surface area contributed by atoms with E-state index in [-0.39, 0.29) is 19.1 Å². The Labute approximate surface area is 85.9 Å². The van der Waals surface area contributed by atoms with Crippen molar-refractivity contribution in [3.8, 4) is 0 Å². The fourth-order valence-corrected chi connectivity index (χ4v) is 1.43. The number of amides is 1. The van der Waals surface area contributed by atoms with E-state index in [4.69, 9.17) is 0 Å². The van der Waals surface area contributed by atoms with Crippen molar-refractivity contribution in [3.05, 3.63) is 12.2 Å². The van der Waals surface area contributed by atoms with Gasteiger partial charge >= 0.3 is 6.18 Å². The molecule has 1 fully saturated rings. The van der Waals surface area contributed by atoms with Crippen LogP contribution in [0.2, 0.25) is 0 Å². The first-order chi connectivity index (χ1) is 6.82. The number of carbonyl (C=O) groups excluding carboxylic acids is 1. The molecule has 1 aliphatic rings. The van der Waals surface area contributed by atoms with Crippen molar-refractivity contribution < 1.29 is 18.0 Å². The highest BCUT2D eigenvalue weighted by atomic mass is 19.4. The summed E-state index contributed by atoms with van der Waals surface area (Å²) < 4.78 is 36.6. The molecule has 1 aliphatic heterocycles. The lowest BCUT2D eigenvalue weighted by Gasteiger charge is -2.32. The molecular weight excluding hydrogens is 209 g/mol. The Hall–Kier alpha value is -1.04. The Morgan fingerprint density at radius 2 is 2.13 bits per heavy atom. The Morgan fingerprint density at radius 3 is 2.60 bits per heavy atom. The summed E-state index contributed by atoms with van der Waals surface area (Å²) in [6.45, 7) is 5.69. The van der Waals surface area contributed by atoms with Crippen molar-refractivity contribution in [1.82, 2.24) is 10.2 Å². The number of carbonyl (C=O) groups is 1. The number of hydrogen-bond donors (Lipinski definition) is 1.